The van der Waals surface area contributed by atoms with Gasteiger partial charge in [-0.05, 0) is 31.0 Å². The van der Waals surface area contributed by atoms with E-state index >= 15 is 0 Å². The van der Waals surface area contributed by atoms with Gasteiger partial charge in [0.05, 0.1) is 19.2 Å². The molecule has 1 aromatic carbocycles. The molecule has 0 radical (unpaired) electrons. The second kappa shape index (κ2) is 6.27. The predicted octanol–water partition coefficient (Wildman–Crippen LogP) is 0.630. The number of carbonyl (C=O) groups is 2. The van der Waals surface area contributed by atoms with E-state index in [-0.39, 0.29) is 18.4 Å². The van der Waals surface area contributed by atoms with E-state index in [4.69, 9.17) is 10.5 Å². The molecule has 2 rings (SSSR count). The van der Waals surface area contributed by atoms with Crippen LogP contribution in [0.2, 0.25) is 0 Å². The number of amides is 2. The molecule has 1 aromatic rings. The molecule has 6 heteroatoms. The van der Waals surface area contributed by atoms with Crippen molar-refractivity contribution in [3.05, 3.63) is 23.8 Å². The van der Waals surface area contributed by atoms with Gasteiger partial charge in [0.1, 0.15) is 5.75 Å². The van der Waals surface area contributed by atoms with Gasteiger partial charge in [-0.1, -0.05) is 0 Å². The van der Waals surface area contributed by atoms with Crippen LogP contribution in [0, 0.1) is 0 Å². The summed E-state index contributed by atoms with van der Waals surface area (Å²) in [4.78, 5) is 25.7. The highest BCUT2D eigenvalue weighted by Gasteiger charge is 2.19. The fraction of sp³-hybridized carbons (Fsp3) is 0.429. The monoisotopic (exact) mass is 277 g/mol. The standard InChI is InChI=1S/C14H19N3O3/c1-20-12-5-4-10(15)8-11(12)14(19)16-9-13(18)17-6-2-3-7-17/h4-5,8H,2-3,6-7,9,15H2,1H3,(H,16,19). The number of ether oxygens (including phenoxy) is 1. The Morgan fingerprint density at radius 3 is 2.70 bits per heavy atom. The van der Waals surface area contributed by atoms with Crippen molar-refractivity contribution in [2.75, 3.05) is 32.5 Å². The number of benzene rings is 1. The normalized spacial score (nSPS) is 14.2. The summed E-state index contributed by atoms with van der Waals surface area (Å²) in [5.41, 5.74) is 6.47. The van der Waals surface area contributed by atoms with E-state index in [9.17, 15) is 9.59 Å². The first-order valence-corrected chi connectivity index (χ1v) is 6.61. The van der Waals surface area contributed by atoms with Crippen molar-refractivity contribution >= 4 is 17.5 Å². The Balaban J connectivity index is 1.97. The number of carbonyl (C=O) groups excluding carboxylic acids is 2. The maximum atomic E-state index is 12.1. The molecular weight excluding hydrogens is 258 g/mol. The number of nitrogens with zero attached hydrogens (tertiary/aromatic N) is 1. The number of likely N-dealkylation sites (tertiary alicyclic amines) is 1. The van der Waals surface area contributed by atoms with Crippen molar-refractivity contribution in [3.63, 3.8) is 0 Å². The molecular formula is C14H19N3O3. The molecule has 0 saturated carbocycles. The molecule has 6 nitrogen and oxygen atoms in total. The molecule has 0 aromatic heterocycles. The van der Waals surface area contributed by atoms with Gasteiger partial charge in [-0.3, -0.25) is 9.59 Å². The van der Waals surface area contributed by atoms with Crippen molar-refractivity contribution in [2.45, 2.75) is 12.8 Å². The maximum Gasteiger partial charge on any atom is 0.255 e. The lowest BCUT2D eigenvalue weighted by Gasteiger charge is -2.16. The third-order valence-corrected chi connectivity index (χ3v) is 3.33. The van der Waals surface area contributed by atoms with Crippen LogP contribution in [-0.2, 0) is 4.79 Å². The molecule has 108 valence electrons. The third kappa shape index (κ3) is 3.20. The highest BCUT2D eigenvalue weighted by Crippen LogP contribution is 2.20. The van der Waals surface area contributed by atoms with Crippen molar-refractivity contribution < 1.29 is 14.3 Å². The summed E-state index contributed by atoms with van der Waals surface area (Å²) in [5.74, 6) is 0.0192. The highest BCUT2D eigenvalue weighted by molar-refractivity contribution is 5.99. The molecule has 20 heavy (non-hydrogen) atoms. The van der Waals surface area contributed by atoms with E-state index in [0.717, 1.165) is 25.9 Å². The van der Waals surface area contributed by atoms with Gasteiger partial charge < -0.3 is 20.7 Å². The summed E-state index contributed by atoms with van der Waals surface area (Å²) >= 11 is 0. The minimum atomic E-state index is -0.360. The largest absolute Gasteiger partial charge is 0.496 e. The topological polar surface area (TPSA) is 84.7 Å². The molecule has 0 unspecified atom stereocenters. The lowest BCUT2D eigenvalue weighted by atomic mass is 10.1. The number of hydrogen-bond acceptors (Lipinski definition) is 4. The molecule has 0 atom stereocenters. The number of rotatable bonds is 4. The number of nitrogens with one attached hydrogen (secondary N) is 1. The SMILES string of the molecule is COc1ccc(N)cc1C(=O)NCC(=O)N1CCCC1. The smallest absolute Gasteiger partial charge is 0.255 e. The summed E-state index contributed by atoms with van der Waals surface area (Å²) in [6.45, 7) is 1.55. The number of nitrogen functional groups attached to an aromatic ring is 1. The summed E-state index contributed by atoms with van der Waals surface area (Å²) < 4.78 is 5.12. The Morgan fingerprint density at radius 2 is 2.05 bits per heavy atom. The van der Waals surface area contributed by atoms with E-state index in [2.05, 4.69) is 5.32 Å². The molecule has 0 spiro atoms. The second-order valence-corrected chi connectivity index (χ2v) is 4.73. The molecule has 1 aliphatic rings. The average molecular weight is 277 g/mol. The molecule has 1 fully saturated rings. The first kappa shape index (κ1) is 14.2. The molecule has 3 N–H and O–H groups in total. The van der Waals surface area contributed by atoms with Gasteiger partial charge in [0, 0.05) is 18.8 Å². The Bertz CT molecular complexity index is 510. The number of hydrogen-bond donors (Lipinski definition) is 2. The fourth-order valence-corrected chi connectivity index (χ4v) is 2.23. The predicted molar refractivity (Wildman–Crippen MR) is 75.6 cm³/mol. The van der Waals surface area contributed by atoms with Gasteiger partial charge >= 0.3 is 0 Å². The lowest BCUT2D eigenvalue weighted by Crippen LogP contribution is -2.38. The Morgan fingerprint density at radius 1 is 1.35 bits per heavy atom. The Labute approximate surface area is 117 Å². The van der Waals surface area contributed by atoms with Crippen molar-refractivity contribution in [3.8, 4) is 5.75 Å². The Hall–Kier alpha value is -2.24. The number of methoxy groups -OCH3 is 1. The van der Waals surface area contributed by atoms with E-state index in [0.29, 0.717) is 17.0 Å². The molecule has 2 amide bonds. The van der Waals surface area contributed by atoms with Crippen LogP contribution in [-0.4, -0.2) is 43.5 Å². The van der Waals surface area contributed by atoms with Crippen LogP contribution >= 0.6 is 0 Å². The van der Waals surface area contributed by atoms with Crippen molar-refractivity contribution in [1.29, 1.82) is 0 Å². The van der Waals surface area contributed by atoms with Gasteiger partial charge in [-0.25, -0.2) is 0 Å². The van der Waals surface area contributed by atoms with Crippen LogP contribution in [0.5, 0.6) is 5.75 Å². The van der Waals surface area contributed by atoms with E-state index in [1.54, 1.807) is 17.0 Å². The van der Waals surface area contributed by atoms with Crippen molar-refractivity contribution in [2.24, 2.45) is 0 Å². The van der Waals surface area contributed by atoms with Crippen molar-refractivity contribution in [1.82, 2.24) is 10.2 Å². The molecule has 0 aliphatic carbocycles. The van der Waals surface area contributed by atoms with E-state index in [1.807, 2.05) is 0 Å². The Kier molecular flexibility index (Phi) is 4.45. The number of anilines is 1. The van der Waals surface area contributed by atoms with Gasteiger partial charge in [-0.15, -0.1) is 0 Å². The van der Waals surface area contributed by atoms with Crippen LogP contribution in [0.25, 0.3) is 0 Å². The summed E-state index contributed by atoms with van der Waals surface area (Å²) in [5, 5.41) is 2.61. The molecule has 0 bridgehead atoms. The maximum absolute atomic E-state index is 12.1. The summed E-state index contributed by atoms with van der Waals surface area (Å²) in [6, 6.07) is 4.83. The van der Waals surface area contributed by atoms with Gasteiger partial charge in [0.15, 0.2) is 0 Å². The third-order valence-electron chi connectivity index (χ3n) is 3.33. The first-order valence-electron chi connectivity index (χ1n) is 6.61. The zero-order chi connectivity index (χ0) is 14.5. The van der Waals surface area contributed by atoms with Crippen LogP contribution in [0.1, 0.15) is 23.2 Å². The van der Waals surface area contributed by atoms with Crippen LogP contribution in [0.15, 0.2) is 18.2 Å². The van der Waals surface area contributed by atoms with Gasteiger partial charge in [0.2, 0.25) is 5.91 Å². The highest BCUT2D eigenvalue weighted by atomic mass is 16.5. The quantitative estimate of drug-likeness (QED) is 0.791. The molecule has 1 saturated heterocycles. The second-order valence-electron chi connectivity index (χ2n) is 4.73. The zero-order valence-corrected chi connectivity index (χ0v) is 11.5. The number of nitrogens with two attached hydrogens (primary N) is 1. The van der Waals surface area contributed by atoms with Gasteiger partial charge in [-0.2, -0.15) is 0 Å². The molecule has 1 heterocycles. The summed E-state index contributed by atoms with van der Waals surface area (Å²) in [7, 11) is 1.48. The molecule has 1 aliphatic heterocycles. The van der Waals surface area contributed by atoms with E-state index < -0.39 is 0 Å². The van der Waals surface area contributed by atoms with Crippen LogP contribution in [0.3, 0.4) is 0 Å². The summed E-state index contributed by atoms with van der Waals surface area (Å²) in [6.07, 6.45) is 2.06. The fourth-order valence-electron chi connectivity index (χ4n) is 2.23. The minimum absolute atomic E-state index is 0.00319. The van der Waals surface area contributed by atoms with Gasteiger partial charge in [0.25, 0.3) is 5.91 Å². The van der Waals surface area contributed by atoms with Crippen LogP contribution in [0.4, 0.5) is 5.69 Å². The average Bonchev–Trinajstić information content (AvgIpc) is 2.98. The minimum Gasteiger partial charge on any atom is -0.496 e. The van der Waals surface area contributed by atoms with Crippen LogP contribution < -0.4 is 15.8 Å². The lowest BCUT2D eigenvalue weighted by molar-refractivity contribution is -0.129. The first-order chi connectivity index (χ1) is 9.61. The zero-order valence-electron chi connectivity index (χ0n) is 11.5. The van der Waals surface area contributed by atoms with E-state index in [1.165, 1.54) is 13.2 Å².